The third-order valence-electron chi connectivity index (χ3n) is 8.53. The average Bonchev–Trinajstić information content (AvgIpc) is 3.58. The van der Waals surface area contributed by atoms with Crippen LogP contribution in [-0.2, 0) is 17.8 Å². The SMILES string of the molecule is Cc1cc(Cl)c(OCCCc2ncc(C3=C(C(=O)N(Cc4cccc(Cl)c4Cl)C4CC4)C4CCC(C3)N4)s2)c(Cl)c1C. The van der Waals surface area contributed by atoms with Gasteiger partial charge in [-0.15, -0.1) is 11.3 Å². The molecule has 2 aromatic carbocycles. The predicted octanol–water partition coefficient (Wildman–Crippen LogP) is 8.85. The van der Waals surface area contributed by atoms with E-state index in [9.17, 15) is 4.79 Å². The fourth-order valence-corrected chi connectivity index (χ4v) is 8.03. The molecule has 0 spiro atoms. The fourth-order valence-electron chi connectivity index (χ4n) is 5.95. The van der Waals surface area contributed by atoms with Crippen molar-refractivity contribution >= 4 is 69.2 Å². The first-order valence-corrected chi connectivity index (χ1v) is 16.8. The standard InChI is InChI=1S/C32H33Cl4N3O2S/c1-17-13-24(34)31(29(35)18(17)2)41-12-4-7-27-37-15-26(42-27)22-14-20-8-11-25(38-20)28(22)32(40)39(21-9-10-21)16-19-5-3-6-23(33)30(19)36/h3,5-6,13,15,20-21,25,38H,4,7-12,14,16H2,1-2H3. The summed E-state index contributed by atoms with van der Waals surface area (Å²) in [7, 11) is 0. The van der Waals surface area contributed by atoms with E-state index in [1.807, 2.05) is 43.1 Å². The Labute approximate surface area is 271 Å². The molecule has 2 atom stereocenters. The van der Waals surface area contributed by atoms with Gasteiger partial charge in [0, 0.05) is 42.9 Å². The van der Waals surface area contributed by atoms with Gasteiger partial charge in [-0.1, -0.05) is 58.5 Å². The molecular formula is C32H33Cl4N3O2S. The largest absolute Gasteiger partial charge is 0.490 e. The van der Waals surface area contributed by atoms with Gasteiger partial charge in [-0.25, -0.2) is 4.98 Å². The Morgan fingerprint density at radius 3 is 2.69 bits per heavy atom. The number of nitrogens with one attached hydrogen (secondary N) is 1. The number of fused-ring (bicyclic) bond motifs is 2. The van der Waals surface area contributed by atoms with Gasteiger partial charge in [0.25, 0.3) is 5.91 Å². The summed E-state index contributed by atoms with van der Waals surface area (Å²) in [5.41, 5.74) is 4.94. The lowest BCUT2D eigenvalue weighted by molar-refractivity contribution is -0.128. The zero-order valence-electron chi connectivity index (χ0n) is 23.6. The predicted molar refractivity (Wildman–Crippen MR) is 173 cm³/mol. The van der Waals surface area contributed by atoms with E-state index in [1.54, 1.807) is 17.4 Å². The Morgan fingerprint density at radius 2 is 1.90 bits per heavy atom. The van der Waals surface area contributed by atoms with Crippen molar-refractivity contribution in [3.8, 4) is 5.75 Å². The summed E-state index contributed by atoms with van der Waals surface area (Å²) in [6.07, 6.45) is 8.40. The highest BCUT2D eigenvalue weighted by atomic mass is 35.5. The minimum Gasteiger partial charge on any atom is -0.490 e. The fraction of sp³-hybridized carbons (Fsp3) is 0.438. The maximum Gasteiger partial charge on any atom is 0.252 e. The molecule has 3 aliphatic rings. The number of aryl methyl sites for hydroxylation is 2. The number of ether oxygens (including phenoxy) is 1. The van der Waals surface area contributed by atoms with Crippen molar-refractivity contribution in [2.75, 3.05) is 6.61 Å². The Bertz CT molecular complexity index is 1550. The smallest absolute Gasteiger partial charge is 0.252 e. The van der Waals surface area contributed by atoms with Crippen LogP contribution in [-0.4, -0.2) is 40.5 Å². The van der Waals surface area contributed by atoms with Crippen LogP contribution in [0.15, 0.2) is 36.0 Å². The number of hydrogen-bond acceptors (Lipinski definition) is 5. The van der Waals surface area contributed by atoms with Crippen molar-refractivity contribution in [3.63, 3.8) is 0 Å². The highest BCUT2D eigenvalue weighted by Crippen LogP contribution is 2.42. The van der Waals surface area contributed by atoms with E-state index in [1.165, 1.54) is 0 Å². The number of halogens is 4. The molecule has 5 nitrogen and oxygen atoms in total. The van der Waals surface area contributed by atoms with E-state index in [0.717, 1.165) is 82.7 Å². The topological polar surface area (TPSA) is 54.5 Å². The molecule has 2 unspecified atom stereocenters. The molecule has 10 heteroatoms. The second-order valence-corrected chi connectivity index (χ2v) is 14.2. The normalized spacial score (nSPS) is 19.9. The van der Waals surface area contributed by atoms with Crippen molar-refractivity contribution in [3.05, 3.63) is 82.7 Å². The number of carbonyl (C=O) groups excluding carboxylic acids is 1. The van der Waals surface area contributed by atoms with Crippen LogP contribution in [0.3, 0.4) is 0 Å². The number of thiazole rings is 1. The highest BCUT2D eigenvalue weighted by molar-refractivity contribution is 7.12. The number of nitrogens with zero attached hydrogens (tertiary/aromatic N) is 2. The number of amides is 1. The quantitative estimate of drug-likeness (QED) is 0.220. The molecule has 1 aliphatic carbocycles. The van der Waals surface area contributed by atoms with E-state index < -0.39 is 0 Å². The first-order chi connectivity index (χ1) is 20.2. The van der Waals surface area contributed by atoms with Crippen molar-refractivity contribution in [1.82, 2.24) is 15.2 Å². The molecule has 1 saturated heterocycles. The lowest BCUT2D eigenvalue weighted by Crippen LogP contribution is -2.44. The van der Waals surface area contributed by atoms with Crippen LogP contribution in [0.5, 0.6) is 5.75 Å². The summed E-state index contributed by atoms with van der Waals surface area (Å²) in [6, 6.07) is 8.20. The number of hydrogen-bond donors (Lipinski definition) is 1. The van der Waals surface area contributed by atoms with E-state index in [-0.39, 0.29) is 18.0 Å². The summed E-state index contributed by atoms with van der Waals surface area (Å²) in [4.78, 5) is 22.1. The van der Waals surface area contributed by atoms with E-state index in [4.69, 9.17) is 56.1 Å². The molecule has 3 heterocycles. The van der Waals surface area contributed by atoms with Gasteiger partial charge in [0.15, 0.2) is 5.75 Å². The van der Waals surface area contributed by atoms with Gasteiger partial charge in [0.1, 0.15) is 0 Å². The van der Waals surface area contributed by atoms with Crippen molar-refractivity contribution in [1.29, 1.82) is 0 Å². The summed E-state index contributed by atoms with van der Waals surface area (Å²) >= 11 is 27.4. The van der Waals surface area contributed by atoms with Crippen molar-refractivity contribution in [2.24, 2.45) is 0 Å². The second kappa shape index (κ2) is 12.7. The number of rotatable bonds is 10. The Morgan fingerprint density at radius 1 is 1.10 bits per heavy atom. The van der Waals surface area contributed by atoms with E-state index in [0.29, 0.717) is 45.0 Å². The number of benzene rings is 2. The van der Waals surface area contributed by atoms with Gasteiger partial charge in [-0.2, -0.15) is 0 Å². The zero-order chi connectivity index (χ0) is 29.5. The monoisotopic (exact) mass is 663 g/mol. The molecule has 6 rings (SSSR count). The minimum absolute atomic E-state index is 0.0637. The lowest BCUT2D eigenvalue weighted by atomic mass is 9.93. The molecule has 2 aliphatic heterocycles. The van der Waals surface area contributed by atoms with Crippen LogP contribution in [0.1, 0.15) is 65.1 Å². The Hall–Kier alpha value is -1.80. The number of carbonyl (C=O) groups is 1. The van der Waals surface area contributed by atoms with Gasteiger partial charge in [0.2, 0.25) is 0 Å². The maximum atomic E-state index is 14.3. The third-order valence-corrected chi connectivity index (χ3v) is 11.2. The summed E-state index contributed by atoms with van der Waals surface area (Å²) < 4.78 is 5.98. The summed E-state index contributed by atoms with van der Waals surface area (Å²) in [6.45, 7) is 4.89. The average molecular weight is 666 g/mol. The van der Waals surface area contributed by atoms with E-state index in [2.05, 4.69) is 5.32 Å². The van der Waals surface area contributed by atoms with Gasteiger partial charge < -0.3 is 15.0 Å². The maximum absolute atomic E-state index is 14.3. The molecule has 42 heavy (non-hydrogen) atoms. The number of aromatic nitrogens is 1. The summed E-state index contributed by atoms with van der Waals surface area (Å²) in [5.74, 6) is 0.644. The highest BCUT2D eigenvalue weighted by Gasteiger charge is 2.42. The molecule has 2 fully saturated rings. The van der Waals surface area contributed by atoms with Crippen LogP contribution in [0, 0.1) is 13.8 Å². The Kier molecular flexibility index (Phi) is 9.12. The third kappa shape index (κ3) is 6.22. The van der Waals surface area contributed by atoms with Crippen LogP contribution in [0.2, 0.25) is 20.1 Å². The molecule has 1 amide bonds. The van der Waals surface area contributed by atoms with Gasteiger partial charge in [0.05, 0.1) is 36.6 Å². The van der Waals surface area contributed by atoms with Gasteiger partial charge >= 0.3 is 0 Å². The van der Waals surface area contributed by atoms with Crippen LogP contribution in [0.4, 0.5) is 0 Å². The van der Waals surface area contributed by atoms with Crippen LogP contribution < -0.4 is 10.1 Å². The molecule has 2 bridgehead atoms. The molecule has 1 N–H and O–H groups in total. The Balaban J connectivity index is 1.19. The minimum atomic E-state index is 0.0637. The lowest BCUT2D eigenvalue weighted by Gasteiger charge is -2.31. The molecular weight excluding hydrogens is 632 g/mol. The molecule has 1 saturated carbocycles. The van der Waals surface area contributed by atoms with Crippen molar-refractivity contribution < 1.29 is 9.53 Å². The first kappa shape index (κ1) is 30.2. The van der Waals surface area contributed by atoms with Crippen LogP contribution >= 0.6 is 57.7 Å². The van der Waals surface area contributed by atoms with Gasteiger partial charge in [-0.3, -0.25) is 4.79 Å². The second-order valence-electron chi connectivity index (χ2n) is 11.5. The summed E-state index contributed by atoms with van der Waals surface area (Å²) in [5, 5.41) is 6.85. The molecule has 222 valence electrons. The van der Waals surface area contributed by atoms with Gasteiger partial charge in [-0.05, 0) is 86.8 Å². The van der Waals surface area contributed by atoms with Crippen molar-refractivity contribution in [2.45, 2.75) is 83.5 Å². The molecule has 1 aromatic heterocycles. The van der Waals surface area contributed by atoms with Crippen LogP contribution in [0.25, 0.3) is 5.57 Å². The molecule has 0 radical (unpaired) electrons. The first-order valence-electron chi connectivity index (χ1n) is 14.5. The zero-order valence-corrected chi connectivity index (χ0v) is 27.5. The van der Waals surface area contributed by atoms with E-state index >= 15 is 0 Å². The molecule has 3 aromatic rings.